The van der Waals surface area contributed by atoms with Gasteiger partial charge in [0.1, 0.15) is 13.2 Å². The maximum Gasteiger partial charge on any atom is 0.228 e. The number of anilines is 3. The van der Waals surface area contributed by atoms with Crippen LogP contribution in [0.25, 0.3) is 0 Å². The second-order valence-electron chi connectivity index (χ2n) is 5.79. The average molecular weight is 342 g/mol. The van der Waals surface area contributed by atoms with Gasteiger partial charge in [-0.15, -0.1) is 10.2 Å². The van der Waals surface area contributed by atoms with Crippen molar-refractivity contribution in [1.29, 1.82) is 0 Å². The van der Waals surface area contributed by atoms with Crippen molar-refractivity contribution in [3.05, 3.63) is 30.3 Å². The molecule has 1 aliphatic rings. The lowest BCUT2D eigenvalue weighted by atomic mass is 10.0. The van der Waals surface area contributed by atoms with Gasteiger partial charge >= 0.3 is 0 Å². The second-order valence-corrected chi connectivity index (χ2v) is 5.79. The molecule has 1 aromatic carbocycles. The van der Waals surface area contributed by atoms with Crippen molar-refractivity contribution in [2.75, 3.05) is 23.8 Å². The maximum atomic E-state index is 12.1. The molecule has 2 heterocycles. The van der Waals surface area contributed by atoms with Crippen molar-refractivity contribution in [1.82, 2.24) is 10.2 Å². The Bertz CT molecular complexity index is 730. The zero-order valence-corrected chi connectivity index (χ0v) is 14.4. The first-order valence-electron chi connectivity index (χ1n) is 8.51. The molecule has 0 atom stereocenters. The van der Waals surface area contributed by atoms with Crippen molar-refractivity contribution < 1.29 is 14.3 Å². The molecule has 0 unspecified atom stereocenters. The van der Waals surface area contributed by atoms with Gasteiger partial charge < -0.3 is 20.1 Å². The highest BCUT2D eigenvalue weighted by molar-refractivity contribution is 5.91. The third kappa shape index (κ3) is 4.17. The van der Waals surface area contributed by atoms with Crippen molar-refractivity contribution in [2.45, 2.75) is 26.7 Å². The smallest absolute Gasteiger partial charge is 0.228 e. The molecule has 2 N–H and O–H groups in total. The molecule has 0 spiro atoms. The summed E-state index contributed by atoms with van der Waals surface area (Å²) in [5, 5.41) is 14.1. The fraction of sp³-hybridized carbons (Fsp3) is 0.389. The highest BCUT2D eigenvalue weighted by Crippen LogP contribution is 2.33. The van der Waals surface area contributed by atoms with Crippen LogP contribution in [-0.4, -0.2) is 29.3 Å². The molecule has 7 nitrogen and oxygen atoms in total. The number of hydrogen-bond donors (Lipinski definition) is 2. The summed E-state index contributed by atoms with van der Waals surface area (Å²) in [6, 6.07) is 9.10. The van der Waals surface area contributed by atoms with Crippen LogP contribution in [0.2, 0.25) is 0 Å². The van der Waals surface area contributed by atoms with E-state index >= 15 is 0 Å². The molecule has 1 amide bonds. The fourth-order valence-corrected chi connectivity index (χ4v) is 2.62. The number of carbonyl (C=O) groups is 1. The van der Waals surface area contributed by atoms with E-state index in [9.17, 15) is 4.79 Å². The van der Waals surface area contributed by atoms with Crippen LogP contribution in [0.4, 0.5) is 17.3 Å². The predicted molar refractivity (Wildman–Crippen MR) is 95.4 cm³/mol. The Morgan fingerprint density at radius 2 is 1.72 bits per heavy atom. The highest BCUT2D eigenvalue weighted by atomic mass is 16.6. The lowest BCUT2D eigenvalue weighted by Gasteiger charge is -2.19. The largest absolute Gasteiger partial charge is 0.486 e. The number of rotatable bonds is 6. The summed E-state index contributed by atoms with van der Waals surface area (Å²) >= 11 is 0. The minimum Gasteiger partial charge on any atom is -0.486 e. The Balaban J connectivity index is 1.64. The molecule has 0 radical (unpaired) electrons. The standard InChI is InChI=1S/C18H22N4O3/c1-3-12(4-2)18(23)20-17-8-7-16(21-22-17)19-13-5-6-14-15(11-13)25-10-9-24-14/h5-8,11-12H,3-4,9-10H2,1-2H3,(H,19,21)(H,20,22,23). The molecule has 0 saturated heterocycles. The third-order valence-corrected chi connectivity index (χ3v) is 4.09. The summed E-state index contributed by atoms with van der Waals surface area (Å²) in [5.41, 5.74) is 0.826. The Morgan fingerprint density at radius 1 is 1.04 bits per heavy atom. The van der Waals surface area contributed by atoms with Crippen molar-refractivity contribution in [3.8, 4) is 11.5 Å². The second kappa shape index (κ2) is 7.83. The quantitative estimate of drug-likeness (QED) is 0.837. The van der Waals surface area contributed by atoms with Crippen LogP contribution in [-0.2, 0) is 4.79 Å². The minimum absolute atomic E-state index is 0.00249. The molecule has 1 aromatic heterocycles. The Morgan fingerprint density at radius 3 is 2.40 bits per heavy atom. The van der Waals surface area contributed by atoms with E-state index in [1.165, 1.54) is 0 Å². The molecule has 0 fully saturated rings. The van der Waals surface area contributed by atoms with Crippen LogP contribution >= 0.6 is 0 Å². The van der Waals surface area contributed by atoms with Gasteiger partial charge in [0.25, 0.3) is 0 Å². The van der Waals surface area contributed by atoms with E-state index in [0.717, 1.165) is 24.3 Å². The van der Waals surface area contributed by atoms with Gasteiger partial charge in [0, 0.05) is 17.7 Å². The summed E-state index contributed by atoms with van der Waals surface area (Å²) in [5.74, 6) is 2.45. The SMILES string of the molecule is CCC(CC)C(=O)Nc1ccc(Nc2ccc3c(c2)OCCO3)nn1. The van der Waals surface area contributed by atoms with Gasteiger partial charge in [0.2, 0.25) is 5.91 Å². The molecule has 25 heavy (non-hydrogen) atoms. The Kier molecular flexibility index (Phi) is 5.33. The monoisotopic (exact) mass is 342 g/mol. The first kappa shape index (κ1) is 17.0. The lowest BCUT2D eigenvalue weighted by molar-refractivity contribution is -0.120. The number of benzene rings is 1. The van der Waals surface area contributed by atoms with Gasteiger partial charge in [0.05, 0.1) is 0 Å². The van der Waals surface area contributed by atoms with Crippen LogP contribution in [0.1, 0.15) is 26.7 Å². The number of hydrogen-bond acceptors (Lipinski definition) is 6. The molecule has 3 rings (SSSR count). The predicted octanol–water partition coefficient (Wildman–Crippen LogP) is 3.37. The average Bonchev–Trinajstić information content (AvgIpc) is 2.64. The van der Waals surface area contributed by atoms with Gasteiger partial charge in [-0.1, -0.05) is 13.8 Å². The first-order valence-corrected chi connectivity index (χ1v) is 8.51. The van der Waals surface area contributed by atoms with Crippen molar-refractivity contribution in [3.63, 3.8) is 0 Å². The molecule has 132 valence electrons. The molecule has 0 saturated carbocycles. The van der Waals surface area contributed by atoms with Gasteiger partial charge in [0.15, 0.2) is 23.1 Å². The van der Waals surface area contributed by atoms with Crippen molar-refractivity contribution >= 4 is 23.2 Å². The molecular weight excluding hydrogens is 320 g/mol. The number of ether oxygens (including phenoxy) is 2. The van der Waals surface area contributed by atoms with E-state index in [2.05, 4.69) is 20.8 Å². The maximum absolute atomic E-state index is 12.1. The van der Waals surface area contributed by atoms with E-state index in [4.69, 9.17) is 9.47 Å². The van der Waals surface area contributed by atoms with Gasteiger partial charge in [-0.3, -0.25) is 4.79 Å². The van der Waals surface area contributed by atoms with Crippen LogP contribution in [0, 0.1) is 5.92 Å². The zero-order chi connectivity index (χ0) is 17.6. The summed E-state index contributed by atoms with van der Waals surface area (Å²) < 4.78 is 11.1. The van der Waals surface area contributed by atoms with Gasteiger partial charge in [-0.2, -0.15) is 0 Å². The fourth-order valence-electron chi connectivity index (χ4n) is 2.62. The molecule has 2 aromatic rings. The van der Waals surface area contributed by atoms with E-state index < -0.39 is 0 Å². The van der Waals surface area contributed by atoms with Crippen LogP contribution in [0.15, 0.2) is 30.3 Å². The third-order valence-electron chi connectivity index (χ3n) is 4.09. The summed E-state index contributed by atoms with van der Waals surface area (Å²) in [4.78, 5) is 12.1. The summed E-state index contributed by atoms with van der Waals surface area (Å²) in [7, 11) is 0. The number of nitrogens with zero attached hydrogens (tertiary/aromatic N) is 2. The number of carbonyl (C=O) groups excluding carboxylic acids is 1. The number of nitrogens with one attached hydrogen (secondary N) is 2. The Labute approximate surface area is 146 Å². The van der Waals surface area contributed by atoms with Crippen LogP contribution in [0.3, 0.4) is 0 Å². The van der Waals surface area contributed by atoms with Crippen molar-refractivity contribution in [2.24, 2.45) is 5.92 Å². The first-order chi connectivity index (χ1) is 12.2. The molecule has 7 heteroatoms. The molecule has 0 aliphatic carbocycles. The van der Waals surface area contributed by atoms with E-state index in [-0.39, 0.29) is 11.8 Å². The molecule has 1 aliphatic heterocycles. The van der Waals surface area contributed by atoms with Gasteiger partial charge in [-0.05, 0) is 37.1 Å². The van der Waals surface area contributed by atoms with Gasteiger partial charge in [-0.25, -0.2) is 0 Å². The normalized spacial score (nSPS) is 12.8. The number of amides is 1. The number of fused-ring (bicyclic) bond motifs is 1. The van der Waals surface area contributed by atoms with E-state index in [1.807, 2.05) is 32.0 Å². The summed E-state index contributed by atoms with van der Waals surface area (Å²) in [6.07, 6.45) is 1.61. The van der Waals surface area contributed by atoms with Crippen LogP contribution in [0.5, 0.6) is 11.5 Å². The number of aromatic nitrogens is 2. The highest BCUT2D eigenvalue weighted by Gasteiger charge is 2.15. The topological polar surface area (TPSA) is 85.4 Å². The van der Waals surface area contributed by atoms with Crippen LogP contribution < -0.4 is 20.1 Å². The Hall–Kier alpha value is -2.83. The van der Waals surface area contributed by atoms with E-state index in [0.29, 0.717) is 30.6 Å². The molecular formula is C18H22N4O3. The lowest BCUT2D eigenvalue weighted by Crippen LogP contribution is -2.22. The van der Waals surface area contributed by atoms with E-state index in [1.54, 1.807) is 12.1 Å². The molecule has 0 bridgehead atoms. The minimum atomic E-state index is -0.0214. The zero-order valence-electron chi connectivity index (χ0n) is 14.4. The summed E-state index contributed by atoms with van der Waals surface area (Å²) in [6.45, 7) is 5.11.